The SMILES string of the molecule is CN(C)C(C)(C)C(=O)NC1CC1. The van der Waals surface area contributed by atoms with Crippen molar-refractivity contribution in [3.63, 3.8) is 0 Å². The van der Waals surface area contributed by atoms with E-state index in [1.54, 1.807) is 0 Å². The molecule has 1 aliphatic rings. The van der Waals surface area contributed by atoms with Gasteiger partial charge in [-0.05, 0) is 40.8 Å². The molecular weight excluding hydrogens is 152 g/mol. The number of rotatable bonds is 3. The van der Waals surface area contributed by atoms with Gasteiger partial charge >= 0.3 is 0 Å². The van der Waals surface area contributed by atoms with Gasteiger partial charge in [-0.1, -0.05) is 0 Å². The Morgan fingerprint density at radius 3 is 2.25 bits per heavy atom. The Bertz CT molecular complexity index is 183. The molecule has 12 heavy (non-hydrogen) atoms. The van der Waals surface area contributed by atoms with Gasteiger partial charge in [0.15, 0.2) is 0 Å². The molecule has 0 aliphatic heterocycles. The Hall–Kier alpha value is -0.570. The lowest BCUT2D eigenvalue weighted by Crippen LogP contribution is -2.52. The summed E-state index contributed by atoms with van der Waals surface area (Å²) in [7, 11) is 3.85. The highest BCUT2D eigenvalue weighted by Gasteiger charge is 2.33. The zero-order valence-corrected chi connectivity index (χ0v) is 8.35. The van der Waals surface area contributed by atoms with Gasteiger partial charge in [0.1, 0.15) is 0 Å². The zero-order valence-electron chi connectivity index (χ0n) is 8.35. The minimum atomic E-state index is -0.386. The largest absolute Gasteiger partial charge is 0.352 e. The third kappa shape index (κ3) is 1.97. The first kappa shape index (κ1) is 9.52. The number of hydrogen-bond acceptors (Lipinski definition) is 2. The van der Waals surface area contributed by atoms with Crippen molar-refractivity contribution in [3.8, 4) is 0 Å². The maximum Gasteiger partial charge on any atom is 0.240 e. The highest BCUT2D eigenvalue weighted by Crippen LogP contribution is 2.20. The van der Waals surface area contributed by atoms with E-state index in [0.29, 0.717) is 6.04 Å². The van der Waals surface area contributed by atoms with Crippen LogP contribution >= 0.6 is 0 Å². The second kappa shape index (κ2) is 3.05. The van der Waals surface area contributed by atoms with Crippen molar-refractivity contribution in [2.75, 3.05) is 14.1 Å². The maximum absolute atomic E-state index is 11.6. The molecule has 1 aliphatic carbocycles. The predicted molar refractivity (Wildman–Crippen MR) is 48.9 cm³/mol. The molecule has 3 heteroatoms. The van der Waals surface area contributed by atoms with Crippen LogP contribution < -0.4 is 5.32 Å². The number of hydrogen-bond donors (Lipinski definition) is 1. The monoisotopic (exact) mass is 170 g/mol. The van der Waals surface area contributed by atoms with Crippen LogP contribution in [0, 0.1) is 0 Å². The summed E-state index contributed by atoms with van der Waals surface area (Å²) in [6.07, 6.45) is 2.30. The van der Waals surface area contributed by atoms with E-state index in [4.69, 9.17) is 0 Å². The lowest BCUT2D eigenvalue weighted by molar-refractivity contribution is -0.130. The molecule has 0 bridgehead atoms. The second-order valence-corrected chi connectivity index (χ2v) is 4.20. The van der Waals surface area contributed by atoms with Gasteiger partial charge in [-0.2, -0.15) is 0 Å². The van der Waals surface area contributed by atoms with Gasteiger partial charge in [-0.3, -0.25) is 9.69 Å². The van der Waals surface area contributed by atoms with Crippen molar-refractivity contribution in [1.82, 2.24) is 10.2 Å². The number of nitrogens with one attached hydrogen (secondary N) is 1. The molecule has 3 nitrogen and oxygen atoms in total. The van der Waals surface area contributed by atoms with E-state index in [1.807, 2.05) is 32.8 Å². The first-order chi connectivity index (χ1) is 5.44. The molecule has 1 amide bonds. The molecule has 1 rings (SSSR count). The van der Waals surface area contributed by atoms with E-state index in [2.05, 4.69) is 5.32 Å². The van der Waals surface area contributed by atoms with Crippen LogP contribution in [-0.2, 0) is 4.79 Å². The molecule has 1 saturated carbocycles. The topological polar surface area (TPSA) is 32.3 Å². The van der Waals surface area contributed by atoms with E-state index in [9.17, 15) is 4.79 Å². The van der Waals surface area contributed by atoms with Crippen molar-refractivity contribution < 1.29 is 4.79 Å². The Balaban J connectivity index is 2.47. The Kier molecular flexibility index (Phi) is 2.42. The van der Waals surface area contributed by atoms with Gasteiger partial charge < -0.3 is 5.32 Å². The fourth-order valence-electron chi connectivity index (χ4n) is 0.793. The number of carbonyl (C=O) groups is 1. The second-order valence-electron chi connectivity index (χ2n) is 4.20. The summed E-state index contributed by atoms with van der Waals surface area (Å²) in [5.74, 6) is 0.134. The highest BCUT2D eigenvalue weighted by molar-refractivity contribution is 5.85. The maximum atomic E-state index is 11.6. The van der Waals surface area contributed by atoms with Crippen LogP contribution in [0.2, 0.25) is 0 Å². The average Bonchev–Trinajstić information content (AvgIpc) is 2.71. The van der Waals surface area contributed by atoms with Crippen molar-refractivity contribution in [1.29, 1.82) is 0 Å². The van der Waals surface area contributed by atoms with Crippen molar-refractivity contribution >= 4 is 5.91 Å². The molecule has 0 aromatic heterocycles. The summed E-state index contributed by atoms with van der Waals surface area (Å²) in [4.78, 5) is 13.5. The van der Waals surface area contributed by atoms with Crippen LogP contribution in [0.4, 0.5) is 0 Å². The van der Waals surface area contributed by atoms with Gasteiger partial charge in [-0.15, -0.1) is 0 Å². The van der Waals surface area contributed by atoms with E-state index in [1.165, 1.54) is 0 Å². The van der Waals surface area contributed by atoms with E-state index in [-0.39, 0.29) is 11.4 Å². The quantitative estimate of drug-likeness (QED) is 0.673. The molecule has 70 valence electrons. The third-order valence-electron chi connectivity index (χ3n) is 2.59. The smallest absolute Gasteiger partial charge is 0.240 e. The summed E-state index contributed by atoms with van der Waals surface area (Å²) in [5, 5.41) is 2.99. The van der Waals surface area contributed by atoms with Crippen LogP contribution in [0.15, 0.2) is 0 Å². The minimum Gasteiger partial charge on any atom is -0.352 e. The van der Waals surface area contributed by atoms with Gasteiger partial charge in [-0.25, -0.2) is 0 Å². The highest BCUT2D eigenvalue weighted by atomic mass is 16.2. The van der Waals surface area contributed by atoms with E-state index < -0.39 is 0 Å². The number of likely N-dealkylation sites (N-methyl/N-ethyl adjacent to an activating group) is 1. The average molecular weight is 170 g/mol. The fourth-order valence-corrected chi connectivity index (χ4v) is 0.793. The summed E-state index contributed by atoms with van der Waals surface area (Å²) >= 11 is 0. The van der Waals surface area contributed by atoms with Crippen LogP contribution in [0.1, 0.15) is 26.7 Å². The molecule has 0 aromatic carbocycles. The molecule has 1 fully saturated rings. The van der Waals surface area contributed by atoms with Crippen LogP contribution in [-0.4, -0.2) is 36.5 Å². The number of amides is 1. The van der Waals surface area contributed by atoms with Crippen LogP contribution in [0.5, 0.6) is 0 Å². The van der Waals surface area contributed by atoms with Crippen molar-refractivity contribution in [3.05, 3.63) is 0 Å². The van der Waals surface area contributed by atoms with E-state index in [0.717, 1.165) is 12.8 Å². The molecule has 0 unspecified atom stereocenters. The molecule has 0 saturated heterocycles. The van der Waals surface area contributed by atoms with E-state index >= 15 is 0 Å². The summed E-state index contributed by atoms with van der Waals surface area (Å²) in [5.41, 5.74) is -0.386. The predicted octanol–water partition coefficient (Wildman–Crippen LogP) is 0.605. The van der Waals surface area contributed by atoms with Gasteiger partial charge in [0.05, 0.1) is 5.54 Å². The van der Waals surface area contributed by atoms with Gasteiger partial charge in [0, 0.05) is 6.04 Å². The standard InChI is InChI=1S/C9H18N2O/c1-9(2,11(3)4)8(12)10-7-5-6-7/h7H,5-6H2,1-4H3,(H,10,12). The Morgan fingerprint density at radius 2 is 1.92 bits per heavy atom. The number of carbonyl (C=O) groups excluding carboxylic acids is 1. The number of nitrogens with zero attached hydrogens (tertiary/aromatic N) is 1. The molecule has 0 atom stereocenters. The lowest BCUT2D eigenvalue weighted by Gasteiger charge is -2.30. The normalized spacial score (nSPS) is 18.1. The lowest BCUT2D eigenvalue weighted by atomic mass is 10.0. The molecule has 0 heterocycles. The summed E-state index contributed by atoms with van der Waals surface area (Å²) in [6, 6.07) is 0.455. The fraction of sp³-hybridized carbons (Fsp3) is 0.889. The van der Waals surface area contributed by atoms with Gasteiger partial charge in [0.25, 0.3) is 0 Å². The molecule has 0 spiro atoms. The van der Waals surface area contributed by atoms with Crippen LogP contribution in [0.3, 0.4) is 0 Å². The van der Waals surface area contributed by atoms with Crippen molar-refractivity contribution in [2.24, 2.45) is 0 Å². The third-order valence-corrected chi connectivity index (χ3v) is 2.59. The summed E-state index contributed by atoms with van der Waals surface area (Å²) in [6.45, 7) is 3.87. The Morgan fingerprint density at radius 1 is 1.42 bits per heavy atom. The minimum absolute atomic E-state index is 0.134. The zero-order chi connectivity index (χ0) is 9.35. The first-order valence-electron chi connectivity index (χ1n) is 4.43. The molecule has 1 N–H and O–H groups in total. The van der Waals surface area contributed by atoms with Gasteiger partial charge in [0.2, 0.25) is 5.91 Å². The molecule has 0 radical (unpaired) electrons. The molecular formula is C9H18N2O. The Labute approximate surface area is 74.1 Å². The molecule has 0 aromatic rings. The van der Waals surface area contributed by atoms with Crippen molar-refractivity contribution in [2.45, 2.75) is 38.3 Å². The van der Waals surface area contributed by atoms with Crippen LogP contribution in [0.25, 0.3) is 0 Å². The first-order valence-corrected chi connectivity index (χ1v) is 4.43. The summed E-state index contributed by atoms with van der Waals surface area (Å²) < 4.78 is 0.